The van der Waals surface area contributed by atoms with E-state index in [4.69, 9.17) is 0 Å². The molecule has 0 saturated heterocycles. The number of aromatic nitrogens is 7. The number of fused-ring (bicyclic) bond motifs is 3. The van der Waals surface area contributed by atoms with E-state index >= 15 is 0 Å². The molecule has 46 heavy (non-hydrogen) atoms. The fraction of sp³-hybridized carbons (Fsp3) is 0. The first-order valence-corrected chi connectivity index (χ1v) is 13.2. The van der Waals surface area contributed by atoms with Gasteiger partial charge in [-0.1, -0.05) is 54.3 Å². The molecule has 0 aliphatic heterocycles. The molecule has 0 unspecified atom stereocenters. The van der Waals surface area contributed by atoms with E-state index in [-0.39, 0.29) is 37.2 Å². The Morgan fingerprint density at radius 1 is 0.543 bits per heavy atom. The van der Waals surface area contributed by atoms with Crippen LogP contribution in [0.4, 0.5) is 17.6 Å². The van der Waals surface area contributed by atoms with Crippen LogP contribution in [-0.4, -0.2) is 35.0 Å². The number of rotatable bonds is 2. The van der Waals surface area contributed by atoms with Gasteiger partial charge in [0, 0.05) is 29.2 Å². The minimum atomic E-state index is -0.982. The van der Waals surface area contributed by atoms with E-state index in [0.29, 0.717) is 27.6 Å². The van der Waals surface area contributed by atoms with Gasteiger partial charge in [-0.15, -0.1) is 24.3 Å². The zero-order valence-corrected chi connectivity index (χ0v) is 25.7. The molecule has 8 rings (SSSR count). The molecule has 228 valence electrons. The summed E-state index contributed by atoms with van der Waals surface area (Å²) < 4.78 is 53.1. The van der Waals surface area contributed by atoms with Crippen LogP contribution in [0.25, 0.3) is 44.3 Å². The molecule has 3 aromatic heterocycles. The van der Waals surface area contributed by atoms with Crippen LogP contribution in [0.2, 0.25) is 0 Å². The van der Waals surface area contributed by atoms with Gasteiger partial charge in [0.2, 0.25) is 0 Å². The summed E-state index contributed by atoms with van der Waals surface area (Å²) in [4.78, 5) is 6.11. The number of nitrogens with zero attached hydrogens (tertiary/aromatic N) is 7. The van der Waals surface area contributed by atoms with Gasteiger partial charge in [0.25, 0.3) is 0 Å². The molecule has 0 N–H and O–H groups in total. The summed E-state index contributed by atoms with van der Waals surface area (Å²) >= 11 is 0. The maximum atomic E-state index is 13.5. The second kappa shape index (κ2) is 14.1. The van der Waals surface area contributed by atoms with Crippen molar-refractivity contribution in [1.82, 2.24) is 35.0 Å². The summed E-state index contributed by atoms with van der Waals surface area (Å²) in [6.07, 6.45) is 1.63. The molecule has 8 nitrogen and oxygen atoms in total. The van der Waals surface area contributed by atoms with Crippen molar-refractivity contribution in [1.29, 1.82) is 0 Å². The first kappa shape index (κ1) is 31.9. The van der Waals surface area contributed by atoms with Crippen LogP contribution in [0.3, 0.4) is 0 Å². The van der Waals surface area contributed by atoms with Crippen molar-refractivity contribution in [3.8, 4) is 17.1 Å². The predicted octanol–water partition coefficient (Wildman–Crippen LogP) is 6.30. The van der Waals surface area contributed by atoms with Gasteiger partial charge in [0.05, 0.1) is 17.2 Å². The monoisotopic (exact) mass is 797 g/mol. The van der Waals surface area contributed by atoms with Crippen LogP contribution >= 0.6 is 0 Å². The maximum Gasteiger partial charge on any atom is 3.00 e. The third-order valence-corrected chi connectivity index (χ3v) is 6.33. The van der Waals surface area contributed by atoms with E-state index in [9.17, 15) is 22.7 Å². The average Bonchev–Trinajstić information content (AvgIpc) is 3.69. The minimum Gasteiger partial charge on any atom is -0.871 e. The fourth-order valence-corrected chi connectivity index (χ4v) is 4.19. The van der Waals surface area contributed by atoms with Crippen LogP contribution in [-0.2, 0) is 20.1 Å². The SMILES string of the molecule is Fc1c[c-]cc(-n2nc3ccccc3n2)c1F.Fc1c[c-]cc(-n2nc3ccccc3n2)c1F.[Ir+3].[O-]c1cccc2cccnc12. The third kappa shape index (κ3) is 6.75. The molecule has 0 radical (unpaired) electrons. The van der Waals surface area contributed by atoms with Gasteiger partial charge in [-0.2, -0.15) is 32.5 Å². The molecule has 0 fully saturated rings. The molecule has 3 heterocycles. The minimum absolute atomic E-state index is 0. The summed E-state index contributed by atoms with van der Waals surface area (Å²) in [5, 5.41) is 28.3. The number of hydrogen-bond acceptors (Lipinski definition) is 6. The van der Waals surface area contributed by atoms with Gasteiger partial charge >= 0.3 is 20.1 Å². The van der Waals surface area contributed by atoms with E-state index in [1.807, 2.05) is 18.2 Å². The largest absolute Gasteiger partial charge is 3.00 e. The van der Waals surface area contributed by atoms with Crippen LogP contribution < -0.4 is 5.11 Å². The Balaban J connectivity index is 0.000000138. The number of hydrogen-bond donors (Lipinski definition) is 0. The molecule has 8 aromatic rings. The number of benzene rings is 5. The van der Waals surface area contributed by atoms with Crippen LogP contribution in [0.15, 0.2) is 109 Å². The molecule has 0 saturated carbocycles. The Bertz CT molecular complexity index is 2080. The summed E-state index contributed by atoms with van der Waals surface area (Å²) in [6.45, 7) is 0. The predicted molar refractivity (Wildman–Crippen MR) is 156 cm³/mol. The van der Waals surface area contributed by atoms with Crippen molar-refractivity contribution >= 4 is 33.0 Å². The summed E-state index contributed by atoms with van der Waals surface area (Å²) in [5.41, 5.74) is 2.93. The van der Waals surface area contributed by atoms with Gasteiger partial charge in [-0.25, -0.2) is 18.4 Å². The quantitative estimate of drug-likeness (QED) is 0.151. The number of para-hydroxylation sites is 1. The standard InChI is InChI=1S/2C12H6F2N3.C9H7NO.Ir/c2*13-8-4-3-7-11(12(8)14)17-15-9-5-1-2-6-10(9)16-17;11-8-5-1-3-7-4-2-6-10-9(7)8;/h2*1-2,4-7H;1-6,11H;/q2*-1;;+3/p-1. The Morgan fingerprint density at radius 3 is 1.41 bits per heavy atom. The molecule has 0 amide bonds. The van der Waals surface area contributed by atoms with E-state index in [2.05, 4.69) is 37.5 Å². The topological polar surface area (TPSA) is 97.4 Å². The Hall–Kier alpha value is -5.52. The Morgan fingerprint density at radius 2 is 0.978 bits per heavy atom. The van der Waals surface area contributed by atoms with Crippen LogP contribution in [0, 0.1) is 35.4 Å². The summed E-state index contributed by atoms with van der Waals surface area (Å²) in [6, 6.07) is 32.5. The smallest absolute Gasteiger partial charge is 0.871 e. The van der Waals surface area contributed by atoms with Crippen molar-refractivity contribution < 1.29 is 42.8 Å². The number of pyridine rings is 1. The molecular weight excluding hydrogens is 779 g/mol. The van der Waals surface area contributed by atoms with Crippen molar-refractivity contribution in [2.45, 2.75) is 0 Å². The normalized spacial score (nSPS) is 10.5. The zero-order valence-electron chi connectivity index (χ0n) is 23.3. The summed E-state index contributed by atoms with van der Waals surface area (Å²) in [7, 11) is 0. The van der Waals surface area contributed by atoms with Crippen LogP contribution in [0.5, 0.6) is 5.75 Å². The molecular formula is C33H18F4IrN7O. The van der Waals surface area contributed by atoms with E-state index in [0.717, 1.165) is 27.1 Å². The maximum absolute atomic E-state index is 13.5. The second-order valence-corrected chi connectivity index (χ2v) is 9.29. The zero-order chi connectivity index (χ0) is 31.3. The van der Waals surface area contributed by atoms with E-state index < -0.39 is 23.3 Å². The molecule has 0 bridgehead atoms. The van der Waals surface area contributed by atoms with Crippen molar-refractivity contribution in [3.05, 3.63) is 145 Å². The Kier molecular flexibility index (Phi) is 9.75. The first-order valence-electron chi connectivity index (χ1n) is 13.2. The van der Waals surface area contributed by atoms with Gasteiger partial charge in [0.1, 0.15) is 22.1 Å². The second-order valence-electron chi connectivity index (χ2n) is 9.29. The van der Waals surface area contributed by atoms with Crippen molar-refractivity contribution in [2.75, 3.05) is 0 Å². The van der Waals surface area contributed by atoms with E-state index in [1.165, 1.54) is 18.2 Å². The van der Waals surface area contributed by atoms with Crippen molar-refractivity contribution in [2.24, 2.45) is 0 Å². The van der Waals surface area contributed by atoms with Crippen molar-refractivity contribution in [3.63, 3.8) is 0 Å². The first-order chi connectivity index (χ1) is 21.9. The molecule has 5 aromatic carbocycles. The van der Waals surface area contributed by atoms with Gasteiger partial charge in [0.15, 0.2) is 0 Å². The average molecular weight is 797 g/mol. The third-order valence-electron chi connectivity index (χ3n) is 6.33. The summed E-state index contributed by atoms with van der Waals surface area (Å²) in [5.74, 6) is -3.91. The molecule has 0 spiro atoms. The Labute approximate surface area is 271 Å². The van der Waals surface area contributed by atoms with Gasteiger partial charge in [-0.3, -0.25) is 13.8 Å². The number of halogens is 4. The van der Waals surface area contributed by atoms with E-state index in [1.54, 1.807) is 60.8 Å². The molecule has 0 aliphatic carbocycles. The molecule has 13 heteroatoms. The van der Waals surface area contributed by atoms with Crippen LogP contribution in [0.1, 0.15) is 0 Å². The van der Waals surface area contributed by atoms with Gasteiger partial charge in [-0.05, 0) is 35.7 Å². The fourth-order valence-electron chi connectivity index (χ4n) is 4.19. The molecule has 0 atom stereocenters. The van der Waals surface area contributed by atoms with Gasteiger partial charge < -0.3 is 5.11 Å². The molecule has 0 aliphatic rings.